The molecule has 2 fully saturated rings. The second-order valence-corrected chi connectivity index (χ2v) is 22.7. The van der Waals surface area contributed by atoms with E-state index in [1.54, 1.807) is 30.5 Å². The number of fused-ring (bicyclic) bond motifs is 1. The monoisotopic (exact) mass is 968 g/mol. The predicted octanol–water partition coefficient (Wildman–Crippen LogP) is 9.59. The SMILES string of the molecule is CN1CCC(Nc2ccc(S(=O)(=O)NC(=O)c3ccc(N4CCN(CC5=C(c6ccc(Cl)cc6)CC(C)(C)CC5)CC4)cc3Oc3ccc4[nH]ccc4c3)cc2S(=O)(=O)C(F)(F)Cl)CC1. The van der Waals surface area contributed by atoms with Crippen LogP contribution in [0.4, 0.5) is 20.2 Å². The molecule has 4 aromatic carbocycles. The second kappa shape index (κ2) is 18.5. The second-order valence-electron chi connectivity index (χ2n) is 18.0. The molecule has 0 unspecified atom stereocenters. The quantitative estimate of drug-likeness (QED) is 0.0977. The lowest BCUT2D eigenvalue weighted by molar-refractivity contribution is 0.0979. The number of hydrogen-bond donors (Lipinski definition) is 3. The van der Waals surface area contributed by atoms with Gasteiger partial charge in [-0.3, -0.25) is 9.69 Å². The fourth-order valence-corrected chi connectivity index (χ4v) is 11.2. The lowest BCUT2D eigenvalue weighted by Crippen LogP contribution is -2.47. The molecular formula is C47H52Cl2F2N6O6S2. The Labute approximate surface area is 388 Å². The Kier molecular flexibility index (Phi) is 13.3. The zero-order valence-electron chi connectivity index (χ0n) is 36.3. The highest BCUT2D eigenvalue weighted by Crippen LogP contribution is 2.44. The summed E-state index contributed by atoms with van der Waals surface area (Å²) in [6.45, 7) is 9.76. The molecular weight excluding hydrogens is 918 g/mol. The molecule has 1 amide bonds. The summed E-state index contributed by atoms with van der Waals surface area (Å²) in [7, 11) is -8.51. The number of alkyl halides is 3. The number of piperidine rings is 1. The summed E-state index contributed by atoms with van der Waals surface area (Å²) in [5.74, 6) is -0.626. The van der Waals surface area contributed by atoms with Crippen molar-refractivity contribution in [1.82, 2.24) is 19.5 Å². The summed E-state index contributed by atoms with van der Waals surface area (Å²) in [5, 5.41) is 4.55. The van der Waals surface area contributed by atoms with Crippen LogP contribution in [0.1, 0.15) is 61.9 Å². The number of allylic oxidation sites excluding steroid dienone is 1. The Morgan fingerprint density at radius 2 is 1.63 bits per heavy atom. The summed E-state index contributed by atoms with van der Waals surface area (Å²) in [6.07, 6.45) is 6.08. The third kappa shape index (κ3) is 10.6. The van der Waals surface area contributed by atoms with Gasteiger partial charge in [0.15, 0.2) is 0 Å². The molecule has 2 aliphatic heterocycles. The van der Waals surface area contributed by atoms with Crippen LogP contribution < -0.4 is 19.7 Å². The van der Waals surface area contributed by atoms with E-state index in [0.29, 0.717) is 55.9 Å². The number of amides is 1. The van der Waals surface area contributed by atoms with Crippen molar-refractivity contribution in [2.24, 2.45) is 5.41 Å². The molecule has 65 heavy (non-hydrogen) atoms. The molecule has 12 nitrogen and oxygen atoms in total. The Hall–Kier alpha value is -4.71. The highest BCUT2D eigenvalue weighted by atomic mass is 35.5. The van der Waals surface area contributed by atoms with E-state index in [0.717, 1.165) is 67.6 Å². The van der Waals surface area contributed by atoms with Gasteiger partial charge >= 0.3 is 4.71 Å². The van der Waals surface area contributed by atoms with E-state index in [4.69, 9.17) is 27.9 Å². The lowest BCUT2D eigenvalue weighted by Gasteiger charge is -2.39. The summed E-state index contributed by atoms with van der Waals surface area (Å²) in [6, 6.07) is 22.6. The number of likely N-dealkylation sites (tertiary alicyclic amines) is 1. The van der Waals surface area contributed by atoms with Crippen molar-refractivity contribution in [2.75, 3.05) is 63.1 Å². The number of aromatic nitrogens is 1. The number of anilines is 2. The van der Waals surface area contributed by atoms with Gasteiger partial charge in [-0.25, -0.2) is 21.6 Å². The van der Waals surface area contributed by atoms with Gasteiger partial charge in [0.1, 0.15) is 11.5 Å². The van der Waals surface area contributed by atoms with Gasteiger partial charge in [-0.2, -0.15) is 8.78 Å². The molecule has 8 rings (SSSR count). The van der Waals surface area contributed by atoms with Crippen molar-refractivity contribution in [1.29, 1.82) is 0 Å². The molecule has 5 aromatic rings. The normalized spacial score (nSPS) is 18.2. The molecule has 2 saturated heterocycles. The molecule has 1 aliphatic carbocycles. The standard InChI is InChI=1S/C47H52Cl2F2N6O6S2/c1-46(2)18-14-33(40(29-46)31-4-6-34(48)7-5-31)30-56-22-24-57(25-23-56)36-8-11-39(43(27-36)63-37-9-12-41-32(26-37)15-19-52-41)45(58)54-65(61,62)38-10-13-42(53-35-16-20-55(3)21-17-35)44(28-38)64(59,60)47(49,50)51/h4-13,15,19,26-28,35,52-53H,14,16-18,20-25,29-30H2,1-3H3,(H,54,58). The number of sulfonamides is 1. The maximum Gasteiger partial charge on any atom is 0.427 e. The van der Waals surface area contributed by atoms with Crippen molar-refractivity contribution in [3.05, 3.63) is 113 Å². The first kappa shape index (κ1) is 46.8. The first-order valence-electron chi connectivity index (χ1n) is 21.6. The molecule has 0 radical (unpaired) electrons. The number of H-pyrrole nitrogens is 1. The smallest absolute Gasteiger partial charge is 0.427 e. The van der Waals surface area contributed by atoms with Gasteiger partial charge in [0, 0.05) is 72.6 Å². The molecule has 0 bridgehead atoms. The summed E-state index contributed by atoms with van der Waals surface area (Å²) >= 11 is 11.3. The number of piperazine rings is 1. The molecule has 0 saturated carbocycles. The number of carbonyl (C=O) groups is 1. The Bertz CT molecular complexity index is 2840. The molecule has 0 spiro atoms. The summed E-state index contributed by atoms with van der Waals surface area (Å²) in [5.41, 5.74) is 5.49. The first-order chi connectivity index (χ1) is 30.7. The zero-order chi connectivity index (χ0) is 46.3. The number of halogens is 4. The number of hydrogen-bond acceptors (Lipinski definition) is 10. The Balaban J connectivity index is 1.04. The number of sulfone groups is 1. The minimum absolute atomic E-state index is 0.0674. The fraction of sp³-hybridized carbons (Fsp3) is 0.383. The van der Waals surface area contributed by atoms with Crippen LogP contribution in [0.5, 0.6) is 11.5 Å². The van der Waals surface area contributed by atoms with Gasteiger partial charge in [0.05, 0.1) is 21.0 Å². The number of aromatic amines is 1. The van der Waals surface area contributed by atoms with Crippen LogP contribution in [-0.4, -0.2) is 101 Å². The van der Waals surface area contributed by atoms with E-state index in [1.807, 2.05) is 36.0 Å². The topological polar surface area (TPSA) is 144 Å². The molecule has 3 heterocycles. The molecule has 0 atom stereocenters. The molecule has 346 valence electrons. The van der Waals surface area contributed by atoms with Crippen LogP contribution in [0.2, 0.25) is 5.02 Å². The first-order valence-corrected chi connectivity index (χ1v) is 25.3. The lowest BCUT2D eigenvalue weighted by atomic mass is 9.72. The van der Waals surface area contributed by atoms with E-state index in [1.165, 1.54) is 22.8 Å². The van der Waals surface area contributed by atoms with Gasteiger partial charge < -0.3 is 24.8 Å². The Morgan fingerprint density at radius 3 is 2.34 bits per heavy atom. The van der Waals surface area contributed by atoms with Crippen LogP contribution in [0.25, 0.3) is 16.5 Å². The third-order valence-electron chi connectivity index (χ3n) is 12.7. The summed E-state index contributed by atoms with van der Waals surface area (Å²) < 4.78 is 86.4. The molecule has 1 aromatic heterocycles. The number of carbonyl (C=O) groups excluding carboxylic acids is 1. The highest BCUT2D eigenvalue weighted by Gasteiger charge is 2.46. The van der Waals surface area contributed by atoms with E-state index >= 15 is 0 Å². The largest absolute Gasteiger partial charge is 0.456 e. The maximum absolute atomic E-state index is 14.4. The minimum Gasteiger partial charge on any atom is -0.456 e. The summed E-state index contributed by atoms with van der Waals surface area (Å²) in [4.78, 5) is 22.1. The van der Waals surface area contributed by atoms with Crippen LogP contribution in [0, 0.1) is 5.41 Å². The van der Waals surface area contributed by atoms with Gasteiger partial charge in [0.2, 0.25) is 0 Å². The van der Waals surface area contributed by atoms with E-state index in [2.05, 4.69) is 51.0 Å². The zero-order valence-corrected chi connectivity index (χ0v) is 39.5. The average Bonchev–Trinajstić information content (AvgIpc) is 3.73. The number of ether oxygens (including phenoxy) is 1. The van der Waals surface area contributed by atoms with Gasteiger partial charge in [-0.1, -0.05) is 43.2 Å². The van der Waals surface area contributed by atoms with Crippen molar-refractivity contribution in [2.45, 2.75) is 66.5 Å². The predicted molar refractivity (Wildman–Crippen MR) is 253 cm³/mol. The molecule has 3 aliphatic rings. The van der Waals surface area contributed by atoms with Gasteiger partial charge in [-0.15, -0.1) is 0 Å². The average molecular weight is 970 g/mol. The highest BCUT2D eigenvalue weighted by molar-refractivity contribution is 7.94. The van der Waals surface area contributed by atoms with Gasteiger partial charge in [-0.05, 0) is 147 Å². The maximum atomic E-state index is 14.4. The van der Waals surface area contributed by atoms with Crippen molar-refractivity contribution in [3.63, 3.8) is 0 Å². The van der Waals surface area contributed by atoms with E-state index < -0.39 is 40.3 Å². The van der Waals surface area contributed by atoms with E-state index in [9.17, 15) is 30.4 Å². The van der Waals surface area contributed by atoms with Crippen molar-refractivity contribution >= 4 is 76.8 Å². The van der Waals surface area contributed by atoms with Crippen LogP contribution in [0.3, 0.4) is 0 Å². The minimum atomic E-state index is -5.59. The Morgan fingerprint density at radius 1 is 0.908 bits per heavy atom. The third-order valence-corrected chi connectivity index (χ3v) is 16.4. The van der Waals surface area contributed by atoms with Crippen LogP contribution >= 0.6 is 23.2 Å². The number of nitrogens with zero attached hydrogens (tertiary/aromatic N) is 3. The van der Waals surface area contributed by atoms with Crippen LogP contribution in [-0.2, 0) is 19.9 Å². The van der Waals surface area contributed by atoms with E-state index in [-0.39, 0.29) is 28.5 Å². The van der Waals surface area contributed by atoms with Crippen molar-refractivity contribution in [3.8, 4) is 11.5 Å². The molecule has 3 N–H and O–H groups in total. The number of benzene rings is 4. The fourth-order valence-electron chi connectivity index (χ4n) is 8.84. The van der Waals surface area contributed by atoms with Crippen molar-refractivity contribution < 1.29 is 35.1 Å². The van der Waals surface area contributed by atoms with Crippen LogP contribution in [0.15, 0.2) is 106 Å². The molecule has 18 heteroatoms. The number of nitrogens with one attached hydrogen (secondary N) is 3. The number of rotatable bonds is 13. The van der Waals surface area contributed by atoms with Gasteiger partial charge in [0.25, 0.3) is 25.8 Å².